The maximum absolute atomic E-state index is 12.0. The zero-order chi connectivity index (χ0) is 16.9. The molecule has 0 atom stereocenters. The number of rotatable bonds is 6. The molecule has 2 aromatic carbocycles. The summed E-state index contributed by atoms with van der Waals surface area (Å²) in [6, 6.07) is 14.4. The van der Waals surface area contributed by atoms with Crippen molar-refractivity contribution in [2.45, 2.75) is 24.4 Å². The number of nitro benzene ring substituents is 1. The van der Waals surface area contributed by atoms with Gasteiger partial charge in [0.1, 0.15) is 0 Å². The second kappa shape index (κ2) is 7.27. The van der Waals surface area contributed by atoms with Gasteiger partial charge >= 0.3 is 0 Å². The number of aromatic nitrogens is 2. The molecule has 122 valence electrons. The summed E-state index contributed by atoms with van der Waals surface area (Å²) in [4.78, 5) is 29.6. The first-order valence-corrected chi connectivity index (χ1v) is 8.32. The molecule has 0 aliphatic heterocycles. The number of aromatic amines is 1. The molecule has 0 amide bonds. The number of H-pyrrole nitrogens is 1. The van der Waals surface area contributed by atoms with Crippen molar-refractivity contribution in [3.63, 3.8) is 0 Å². The van der Waals surface area contributed by atoms with Gasteiger partial charge in [0.25, 0.3) is 5.69 Å². The predicted molar refractivity (Wildman–Crippen MR) is 93.0 cm³/mol. The number of nitrogens with zero attached hydrogens (tertiary/aromatic N) is 2. The number of aryl methyl sites for hydroxylation is 1. The Labute approximate surface area is 142 Å². The summed E-state index contributed by atoms with van der Waals surface area (Å²) in [5.74, 6) is 0. The summed E-state index contributed by atoms with van der Waals surface area (Å²) in [5.41, 5.74) is 2.38. The minimum atomic E-state index is -0.457. The average Bonchev–Trinajstić information content (AvgIpc) is 2.96. The van der Waals surface area contributed by atoms with Gasteiger partial charge in [-0.3, -0.25) is 14.9 Å². The molecule has 1 aromatic heterocycles. The number of nitrogens with one attached hydrogen (secondary N) is 1. The lowest BCUT2D eigenvalue weighted by Crippen LogP contribution is -1.94. The third-order valence-corrected chi connectivity index (χ3v) is 4.37. The van der Waals surface area contributed by atoms with Crippen LogP contribution in [0, 0.1) is 10.1 Å². The van der Waals surface area contributed by atoms with E-state index in [0.717, 1.165) is 24.6 Å². The van der Waals surface area contributed by atoms with Crippen molar-refractivity contribution in [3.05, 3.63) is 64.2 Å². The van der Waals surface area contributed by atoms with Gasteiger partial charge in [-0.2, -0.15) is 0 Å². The minimum absolute atomic E-state index is 0.00288. The molecule has 0 spiro atoms. The quantitative estimate of drug-likeness (QED) is 0.414. The fraction of sp³-hybridized carbons (Fsp3) is 0.176. The standard InChI is InChI=1S/C17H15N3O3S/c21-16(8-4-7-12-5-2-1-3-6-12)24-17-18-14-10-9-13(20(22)23)11-15(14)19-17/h1-3,5-6,9-11H,4,7-8H2,(H,18,19). The summed E-state index contributed by atoms with van der Waals surface area (Å²) in [7, 11) is 0. The van der Waals surface area contributed by atoms with E-state index in [1.54, 1.807) is 6.07 Å². The molecule has 1 N–H and O–H groups in total. The maximum atomic E-state index is 12.0. The van der Waals surface area contributed by atoms with Crippen molar-refractivity contribution in [3.8, 4) is 0 Å². The third-order valence-electron chi connectivity index (χ3n) is 3.55. The van der Waals surface area contributed by atoms with E-state index in [4.69, 9.17) is 0 Å². The Balaban J connectivity index is 1.58. The number of carbonyl (C=O) groups is 1. The van der Waals surface area contributed by atoms with Crippen LogP contribution >= 0.6 is 11.8 Å². The minimum Gasteiger partial charge on any atom is -0.332 e. The van der Waals surface area contributed by atoms with Crippen molar-refractivity contribution in [1.29, 1.82) is 0 Å². The highest BCUT2D eigenvalue weighted by atomic mass is 32.2. The van der Waals surface area contributed by atoms with Gasteiger partial charge in [0.05, 0.1) is 16.0 Å². The molecular formula is C17H15N3O3S. The van der Waals surface area contributed by atoms with Crippen LogP contribution < -0.4 is 0 Å². The summed E-state index contributed by atoms with van der Waals surface area (Å²) < 4.78 is 0. The highest BCUT2D eigenvalue weighted by Crippen LogP contribution is 2.24. The number of imidazole rings is 1. The normalized spacial score (nSPS) is 10.8. The number of fused-ring (bicyclic) bond motifs is 1. The van der Waals surface area contributed by atoms with E-state index in [1.165, 1.54) is 17.7 Å². The van der Waals surface area contributed by atoms with Crippen molar-refractivity contribution < 1.29 is 9.72 Å². The lowest BCUT2D eigenvalue weighted by molar-refractivity contribution is -0.384. The lowest BCUT2D eigenvalue weighted by Gasteiger charge is -2.00. The lowest BCUT2D eigenvalue weighted by atomic mass is 10.1. The van der Waals surface area contributed by atoms with Gasteiger partial charge in [0.2, 0.25) is 0 Å². The third kappa shape index (κ3) is 3.99. The highest BCUT2D eigenvalue weighted by molar-refractivity contribution is 8.13. The van der Waals surface area contributed by atoms with E-state index in [-0.39, 0.29) is 10.8 Å². The smallest absolute Gasteiger partial charge is 0.271 e. The van der Waals surface area contributed by atoms with E-state index in [0.29, 0.717) is 22.6 Å². The topological polar surface area (TPSA) is 88.9 Å². The molecule has 0 bridgehead atoms. The molecule has 0 radical (unpaired) electrons. The number of nitro groups is 1. The molecule has 3 aromatic rings. The summed E-state index contributed by atoms with van der Waals surface area (Å²) >= 11 is 1.04. The first-order valence-electron chi connectivity index (χ1n) is 7.50. The summed E-state index contributed by atoms with van der Waals surface area (Å²) in [6.07, 6.45) is 2.10. The van der Waals surface area contributed by atoms with Gasteiger partial charge in [0.15, 0.2) is 10.3 Å². The van der Waals surface area contributed by atoms with Crippen LogP contribution in [0.2, 0.25) is 0 Å². The Bertz CT molecular complexity index is 877. The van der Waals surface area contributed by atoms with E-state index in [9.17, 15) is 14.9 Å². The van der Waals surface area contributed by atoms with Crippen LogP contribution in [0.4, 0.5) is 5.69 Å². The van der Waals surface area contributed by atoms with Gasteiger partial charge in [-0.25, -0.2) is 4.98 Å². The first-order chi connectivity index (χ1) is 11.6. The molecular weight excluding hydrogens is 326 g/mol. The fourth-order valence-corrected chi connectivity index (χ4v) is 3.14. The number of hydrogen-bond donors (Lipinski definition) is 1. The van der Waals surface area contributed by atoms with Gasteiger partial charge < -0.3 is 4.98 Å². The fourth-order valence-electron chi connectivity index (χ4n) is 2.38. The predicted octanol–water partition coefficient (Wildman–Crippen LogP) is 4.11. The molecule has 0 aliphatic rings. The molecule has 0 saturated carbocycles. The van der Waals surface area contributed by atoms with Crippen molar-refractivity contribution in [2.24, 2.45) is 0 Å². The number of non-ortho nitro benzene ring substituents is 1. The van der Waals surface area contributed by atoms with Crippen molar-refractivity contribution in [1.82, 2.24) is 9.97 Å². The molecule has 0 unspecified atom stereocenters. The summed E-state index contributed by atoms with van der Waals surface area (Å²) in [5, 5.41) is 11.3. The van der Waals surface area contributed by atoms with Gasteiger partial charge in [-0.05, 0) is 36.2 Å². The molecule has 1 heterocycles. The molecule has 24 heavy (non-hydrogen) atoms. The van der Waals surface area contributed by atoms with Crippen LogP contribution in [-0.4, -0.2) is 20.0 Å². The molecule has 3 rings (SSSR count). The Morgan fingerprint density at radius 1 is 1.21 bits per heavy atom. The van der Waals surface area contributed by atoms with Crippen LogP contribution in [0.5, 0.6) is 0 Å². The molecule has 0 saturated heterocycles. The second-order valence-corrected chi connectivity index (χ2v) is 6.36. The van der Waals surface area contributed by atoms with E-state index in [2.05, 4.69) is 9.97 Å². The summed E-state index contributed by atoms with van der Waals surface area (Å²) in [6.45, 7) is 0. The number of hydrogen-bond acceptors (Lipinski definition) is 5. The Hall–Kier alpha value is -2.67. The van der Waals surface area contributed by atoms with Crippen LogP contribution in [0.3, 0.4) is 0 Å². The zero-order valence-electron chi connectivity index (χ0n) is 12.8. The molecule has 6 nitrogen and oxygen atoms in total. The van der Waals surface area contributed by atoms with Crippen molar-refractivity contribution >= 4 is 33.6 Å². The van der Waals surface area contributed by atoms with Crippen LogP contribution in [0.25, 0.3) is 11.0 Å². The zero-order valence-corrected chi connectivity index (χ0v) is 13.6. The van der Waals surface area contributed by atoms with E-state index >= 15 is 0 Å². The number of thioether (sulfide) groups is 1. The van der Waals surface area contributed by atoms with E-state index < -0.39 is 4.92 Å². The molecule has 0 fully saturated rings. The number of carbonyl (C=O) groups excluding carboxylic acids is 1. The Morgan fingerprint density at radius 2 is 2.00 bits per heavy atom. The number of benzene rings is 2. The average molecular weight is 341 g/mol. The van der Waals surface area contributed by atoms with Crippen LogP contribution in [-0.2, 0) is 11.2 Å². The first kappa shape index (κ1) is 16.2. The van der Waals surface area contributed by atoms with E-state index in [1.807, 2.05) is 30.3 Å². The van der Waals surface area contributed by atoms with Gasteiger partial charge in [0, 0.05) is 18.6 Å². The van der Waals surface area contributed by atoms with Crippen LogP contribution in [0.15, 0.2) is 53.7 Å². The SMILES string of the molecule is O=C(CCCc1ccccc1)Sc1nc2ccc([N+](=O)[O-])cc2[nH]1. The Morgan fingerprint density at radius 3 is 2.75 bits per heavy atom. The highest BCUT2D eigenvalue weighted by Gasteiger charge is 2.12. The second-order valence-electron chi connectivity index (χ2n) is 5.31. The van der Waals surface area contributed by atoms with Crippen LogP contribution in [0.1, 0.15) is 18.4 Å². The Kier molecular flexibility index (Phi) is 4.90. The molecule has 0 aliphatic carbocycles. The largest absolute Gasteiger partial charge is 0.332 e. The van der Waals surface area contributed by atoms with Gasteiger partial charge in [-0.15, -0.1) is 0 Å². The monoisotopic (exact) mass is 341 g/mol. The molecule has 7 heteroatoms. The van der Waals surface area contributed by atoms with Gasteiger partial charge in [-0.1, -0.05) is 30.3 Å². The maximum Gasteiger partial charge on any atom is 0.271 e. The van der Waals surface area contributed by atoms with Crippen molar-refractivity contribution in [2.75, 3.05) is 0 Å².